The van der Waals surface area contributed by atoms with Crippen molar-refractivity contribution in [2.75, 3.05) is 14.2 Å². The number of nitrogens with one attached hydrogen (secondary N) is 1. The topological polar surface area (TPSA) is 67.6 Å². The first-order valence-electron chi connectivity index (χ1n) is 6.57. The quantitative estimate of drug-likeness (QED) is 0.819. The van der Waals surface area contributed by atoms with Crippen LogP contribution in [0.3, 0.4) is 0 Å². The van der Waals surface area contributed by atoms with Gasteiger partial charge in [-0.05, 0) is 23.5 Å². The van der Waals surface area contributed by atoms with E-state index in [0.29, 0.717) is 0 Å². The molecule has 1 rings (SSSR count). The van der Waals surface area contributed by atoms with E-state index < -0.39 is 6.03 Å². The van der Waals surface area contributed by atoms with Crippen molar-refractivity contribution in [1.82, 2.24) is 10.2 Å². The van der Waals surface area contributed by atoms with Gasteiger partial charge >= 0.3 is 6.03 Å². The van der Waals surface area contributed by atoms with Gasteiger partial charge in [0.25, 0.3) is 0 Å². The first kappa shape index (κ1) is 15.6. The Hall–Kier alpha value is -1.49. The van der Waals surface area contributed by atoms with Crippen LogP contribution in [0.15, 0.2) is 23.0 Å². The molecule has 0 saturated heterocycles. The number of carbonyl (C=O) groups excluding carboxylic acids is 1. The van der Waals surface area contributed by atoms with Gasteiger partial charge in [0.2, 0.25) is 0 Å². The summed E-state index contributed by atoms with van der Waals surface area (Å²) >= 11 is 0. The van der Waals surface area contributed by atoms with Crippen LogP contribution in [0.5, 0.6) is 0 Å². The fourth-order valence-corrected chi connectivity index (χ4v) is 2.47. The average molecular weight is 267 g/mol. The Morgan fingerprint density at radius 1 is 1.37 bits per heavy atom. The van der Waals surface area contributed by atoms with Gasteiger partial charge in [0.1, 0.15) is 6.23 Å². The number of nitrogens with zero attached hydrogens (tertiary/aromatic N) is 1. The number of primary amides is 1. The van der Waals surface area contributed by atoms with Crippen LogP contribution in [0.1, 0.15) is 27.7 Å². The molecule has 1 atom stereocenters. The Morgan fingerprint density at radius 2 is 1.95 bits per heavy atom. The molecule has 1 aliphatic rings. The first-order valence-corrected chi connectivity index (χ1v) is 6.57. The molecule has 0 bridgehead atoms. The number of rotatable bonds is 4. The lowest BCUT2D eigenvalue weighted by Crippen LogP contribution is -2.42. The predicted octanol–water partition coefficient (Wildman–Crippen LogP) is 2.02. The zero-order chi connectivity index (χ0) is 14.7. The smallest absolute Gasteiger partial charge is 0.316 e. The normalized spacial score (nSPS) is 20.1. The number of likely N-dealkylation sites (N-methyl/N-ethyl adjacent to an activating group) is 1. The number of nitrogens with two attached hydrogens (primary N) is 1. The summed E-state index contributed by atoms with van der Waals surface area (Å²) in [6, 6.07) is -0.538. The highest BCUT2D eigenvalue weighted by molar-refractivity contribution is 5.75. The zero-order valence-corrected chi connectivity index (χ0v) is 12.7. The van der Waals surface area contributed by atoms with E-state index in [1.165, 1.54) is 0 Å². The molecule has 0 aliphatic carbocycles. The monoisotopic (exact) mass is 267 g/mol. The van der Waals surface area contributed by atoms with Crippen LogP contribution in [-0.2, 0) is 4.74 Å². The average Bonchev–Trinajstić information content (AvgIpc) is 2.27. The van der Waals surface area contributed by atoms with Crippen LogP contribution in [0, 0.1) is 11.8 Å². The summed E-state index contributed by atoms with van der Waals surface area (Å²) in [6.45, 7) is 8.35. The van der Waals surface area contributed by atoms with Crippen molar-refractivity contribution >= 4 is 6.03 Å². The number of allylic oxidation sites excluding steroid dienone is 2. The molecule has 0 aromatic carbocycles. The van der Waals surface area contributed by atoms with E-state index in [0.717, 1.165) is 17.0 Å². The third-order valence-electron chi connectivity index (χ3n) is 3.29. The molecule has 1 unspecified atom stereocenters. The fraction of sp³-hybridized carbons (Fsp3) is 0.643. The molecule has 108 valence electrons. The third kappa shape index (κ3) is 3.29. The van der Waals surface area contributed by atoms with Crippen molar-refractivity contribution in [3.05, 3.63) is 23.0 Å². The summed E-state index contributed by atoms with van der Waals surface area (Å²) in [6.07, 6.45) is 1.91. The van der Waals surface area contributed by atoms with Crippen molar-refractivity contribution < 1.29 is 9.53 Å². The minimum absolute atomic E-state index is 0.117. The summed E-state index contributed by atoms with van der Waals surface area (Å²) in [7, 11) is 3.64. The minimum Gasteiger partial charge on any atom is -0.358 e. The Kier molecular flexibility index (Phi) is 5.00. The number of amides is 2. The minimum atomic E-state index is -0.538. The van der Waals surface area contributed by atoms with E-state index in [1.807, 2.05) is 18.0 Å². The van der Waals surface area contributed by atoms with Gasteiger partial charge in [0.15, 0.2) is 0 Å². The molecule has 0 aromatic rings. The van der Waals surface area contributed by atoms with E-state index in [-0.39, 0.29) is 18.1 Å². The number of carbonyl (C=O) groups is 1. The highest BCUT2D eigenvalue weighted by Gasteiger charge is 2.29. The van der Waals surface area contributed by atoms with E-state index in [9.17, 15) is 4.79 Å². The van der Waals surface area contributed by atoms with Gasteiger partial charge in [-0.1, -0.05) is 27.7 Å². The molecule has 1 aliphatic heterocycles. The Morgan fingerprint density at radius 3 is 2.32 bits per heavy atom. The molecule has 1 heterocycles. The fourth-order valence-electron chi connectivity index (χ4n) is 2.47. The van der Waals surface area contributed by atoms with Crippen molar-refractivity contribution in [2.45, 2.75) is 33.9 Å². The summed E-state index contributed by atoms with van der Waals surface area (Å²) in [4.78, 5) is 13.3. The van der Waals surface area contributed by atoms with Crippen LogP contribution in [-0.4, -0.2) is 31.3 Å². The molecule has 3 N–H and O–H groups in total. The Labute approximate surface area is 115 Å². The molecule has 5 nitrogen and oxygen atoms in total. The van der Waals surface area contributed by atoms with E-state index in [1.54, 1.807) is 7.11 Å². The lowest BCUT2D eigenvalue weighted by Gasteiger charge is -2.38. The lowest BCUT2D eigenvalue weighted by molar-refractivity contribution is 0.0287. The van der Waals surface area contributed by atoms with Crippen LogP contribution in [0.2, 0.25) is 0 Å². The summed E-state index contributed by atoms with van der Waals surface area (Å²) in [5.74, 6) is 0.536. The molecule has 5 heteroatoms. The standard InChI is InChI=1S/C14H25N3O2/c1-8(2)10-7-11(19-6)17(5)13(9(3)4)12(10)16-14(15)18/h7-9,11H,1-6H3,(H3,15,16,18). The maximum Gasteiger partial charge on any atom is 0.316 e. The third-order valence-corrected chi connectivity index (χ3v) is 3.29. The molecule has 0 spiro atoms. The van der Waals surface area contributed by atoms with Crippen LogP contribution >= 0.6 is 0 Å². The highest BCUT2D eigenvalue weighted by Crippen LogP contribution is 2.32. The van der Waals surface area contributed by atoms with Gasteiger partial charge in [0, 0.05) is 19.9 Å². The molecule has 0 radical (unpaired) electrons. The van der Waals surface area contributed by atoms with E-state index in [2.05, 4.69) is 33.0 Å². The van der Waals surface area contributed by atoms with Crippen LogP contribution in [0.4, 0.5) is 4.79 Å². The largest absolute Gasteiger partial charge is 0.358 e. The number of urea groups is 1. The van der Waals surface area contributed by atoms with Crippen molar-refractivity contribution in [3.8, 4) is 0 Å². The maximum atomic E-state index is 11.3. The molecular formula is C14H25N3O2. The van der Waals surface area contributed by atoms with Crippen LogP contribution in [0.25, 0.3) is 0 Å². The second kappa shape index (κ2) is 6.10. The summed E-state index contributed by atoms with van der Waals surface area (Å²) in [5.41, 5.74) is 8.21. The number of ether oxygens (including phenoxy) is 1. The van der Waals surface area contributed by atoms with Gasteiger partial charge in [0.05, 0.1) is 5.70 Å². The van der Waals surface area contributed by atoms with Crippen LogP contribution < -0.4 is 11.1 Å². The summed E-state index contributed by atoms with van der Waals surface area (Å²) < 4.78 is 5.49. The molecule has 0 fully saturated rings. The molecule has 0 saturated carbocycles. The second-order valence-corrected chi connectivity index (χ2v) is 5.42. The SMILES string of the molecule is COC1C=C(C(C)C)C(NC(N)=O)=C(C(C)C)N1C. The van der Waals surface area contributed by atoms with Gasteiger partial charge in [-0.2, -0.15) is 0 Å². The Bertz CT molecular complexity index is 411. The first-order chi connectivity index (χ1) is 8.79. The molecule has 0 aromatic heterocycles. The second-order valence-electron chi connectivity index (χ2n) is 5.42. The van der Waals surface area contributed by atoms with Gasteiger partial charge < -0.3 is 20.7 Å². The van der Waals surface area contributed by atoms with Gasteiger partial charge in [-0.3, -0.25) is 0 Å². The van der Waals surface area contributed by atoms with Crippen molar-refractivity contribution in [2.24, 2.45) is 17.6 Å². The molecular weight excluding hydrogens is 242 g/mol. The zero-order valence-electron chi connectivity index (χ0n) is 12.7. The molecule has 19 heavy (non-hydrogen) atoms. The maximum absolute atomic E-state index is 11.3. The van der Waals surface area contributed by atoms with Crippen molar-refractivity contribution in [1.29, 1.82) is 0 Å². The lowest BCUT2D eigenvalue weighted by atomic mass is 9.91. The van der Waals surface area contributed by atoms with E-state index >= 15 is 0 Å². The molecule has 2 amide bonds. The summed E-state index contributed by atoms with van der Waals surface area (Å²) in [5, 5.41) is 2.77. The van der Waals surface area contributed by atoms with Gasteiger partial charge in [-0.15, -0.1) is 0 Å². The predicted molar refractivity (Wildman–Crippen MR) is 76.1 cm³/mol. The van der Waals surface area contributed by atoms with E-state index in [4.69, 9.17) is 10.5 Å². The van der Waals surface area contributed by atoms with Crippen molar-refractivity contribution in [3.63, 3.8) is 0 Å². The number of methoxy groups -OCH3 is 1. The number of hydrogen-bond acceptors (Lipinski definition) is 3. The Balaban J connectivity index is 3.35. The van der Waals surface area contributed by atoms with Gasteiger partial charge in [-0.25, -0.2) is 4.79 Å². The number of hydrogen-bond donors (Lipinski definition) is 2. The highest BCUT2D eigenvalue weighted by atomic mass is 16.5.